The third-order valence-corrected chi connectivity index (χ3v) is 7.29. The van der Waals surface area contributed by atoms with E-state index in [4.69, 9.17) is 9.72 Å². The summed E-state index contributed by atoms with van der Waals surface area (Å²) in [5.41, 5.74) is 3.67. The molecule has 1 aromatic heterocycles. The lowest BCUT2D eigenvalue weighted by Gasteiger charge is -2.32. The number of carbonyl (C=O) groups excluding carboxylic acids is 1. The highest BCUT2D eigenvalue weighted by Crippen LogP contribution is 2.35. The summed E-state index contributed by atoms with van der Waals surface area (Å²) in [6.07, 6.45) is 6.26. The Kier molecular flexibility index (Phi) is 6.70. The second kappa shape index (κ2) is 9.88. The molecule has 1 unspecified atom stereocenters. The van der Waals surface area contributed by atoms with E-state index in [1.165, 1.54) is 37.7 Å². The molecule has 2 N–H and O–H groups in total. The maximum atomic E-state index is 13.1. The maximum absolute atomic E-state index is 13.1. The third kappa shape index (κ3) is 4.61. The van der Waals surface area contributed by atoms with Crippen LogP contribution in [0.5, 0.6) is 0 Å². The lowest BCUT2D eigenvalue weighted by Crippen LogP contribution is -2.45. The number of aliphatic hydroxyl groups is 1. The Morgan fingerprint density at radius 3 is 2.62 bits per heavy atom. The SMILES string of the molecule is CC(C)N1Cc2c(Nc3ccc(C4CCCCC4)cc3)nc(N3CCOC(CO)C3)nc2C1=O. The highest BCUT2D eigenvalue weighted by Gasteiger charge is 2.35. The Bertz CT molecular complexity index is 1020. The van der Waals surface area contributed by atoms with Crippen molar-refractivity contribution in [1.29, 1.82) is 0 Å². The van der Waals surface area contributed by atoms with Gasteiger partial charge in [0, 0.05) is 30.4 Å². The molecule has 2 aliphatic heterocycles. The van der Waals surface area contributed by atoms with Gasteiger partial charge in [-0.05, 0) is 50.3 Å². The van der Waals surface area contributed by atoms with Crippen molar-refractivity contribution >= 4 is 23.4 Å². The van der Waals surface area contributed by atoms with Crippen LogP contribution in [-0.2, 0) is 11.3 Å². The minimum absolute atomic E-state index is 0.0556. The van der Waals surface area contributed by atoms with Gasteiger partial charge < -0.3 is 25.0 Å². The normalized spacial score (nSPS) is 21.3. The zero-order chi connectivity index (χ0) is 23.7. The van der Waals surface area contributed by atoms with Crippen molar-refractivity contribution in [2.75, 3.05) is 36.5 Å². The first-order chi connectivity index (χ1) is 16.5. The summed E-state index contributed by atoms with van der Waals surface area (Å²) >= 11 is 0. The van der Waals surface area contributed by atoms with E-state index in [1.54, 1.807) is 0 Å². The first kappa shape index (κ1) is 23.1. The van der Waals surface area contributed by atoms with Crippen LogP contribution in [0.4, 0.5) is 17.5 Å². The van der Waals surface area contributed by atoms with E-state index in [-0.39, 0.29) is 24.7 Å². The summed E-state index contributed by atoms with van der Waals surface area (Å²) in [6.45, 7) is 6.08. The summed E-state index contributed by atoms with van der Waals surface area (Å²) in [5, 5.41) is 13.0. The van der Waals surface area contributed by atoms with Gasteiger partial charge in [0.05, 0.1) is 25.9 Å². The number of aliphatic hydroxyl groups excluding tert-OH is 1. The summed E-state index contributed by atoms with van der Waals surface area (Å²) in [7, 11) is 0. The van der Waals surface area contributed by atoms with E-state index in [2.05, 4.69) is 34.6 Å². The van der Waals surface area contributed by atoms with Crippen LogP contribution in [0.3, 0.4) is 0 Å². The number of fused-ring (bicyclic) bond motifs is 1. The van der Waals surface area contributed by atoms with Gasteiger partial charge in [-0.25, -0.2) is 4.98 Å². The quantitative estimate of drug-likeness (QED) is 0.670. The molecule has 5 rings (SSSR count). The predicted octanol–water partition coefficient (Wildman–Crippen LogP) is 3.83. The van der Waals surface area contributed by atoms with Crippen LogP contribution in [0.1, 0.15) is 73.5 Å². The highest BCUT2D eigenvalue weighted by atomic mass is 16.5. The van der Waals surface area contributed by atoms with Crippen LogP contribution < -0.4 is 10.2 Å². The second-order valence-electron chi connectivity index (χ2n) is 9.93. The van der Waals surface area contributed by atoms with Crippen LogP contribution in [0.2, 0.25) is 0 Å². The number of hydrogen-bond acceptors (Lipinski definition) is 7. The molecule has 1 aromatic carbocycles. The van der Waals surface area contributed by atoms with Crippen molar-refractivity contribution in [2.24, 2.45) is 0 Å². The van der Waals surface area contributed by atoms with E-state index in [0.717, 1.165) is 11.3 Å². The van der Waals surface area contributed by atoms with Crippen LogP contribution in [0.15, 0.2) is 24.3 Å². The monoisotopic (exact) mass is 465 g/mol. The molecule has 34 heavy (non-hydrogen) atoms. The minimum atomic E-state index is -0.280. The summed E-state index contributed by atoms with van der Waals surface area (Å²) in [4.78, 5) is 26.5. The number of ether oxygens (including phenoxy) is 1. The average molecular weight is 466 g/mol. The van der Waals surface area contributed by atoms with Gasteiger partial charge >= 0.3 is 0 Å². The molecule has 0 spiro atoms. The van der Waals surface area contributed by atoms with Gasteiger partial charge in [-0.15, -0.1) is 0 Å². The number of morpholine rings is 1. The van der Waals surface area contributed by atoms with Gasteiger partial charge in [0.25, 0.3) is 5.91 Å². The summed E-state index contributed by atoms with van der Waals surface area (Å²) < 4.78 is 5.59. The predicted molar refractivity (Wildman–Crippen MR) is 132 cm³/mol. The van der Waals surface area contributed by atoms with Crippen molar-refractivity contribution in [3.63, 3.8) is 0 Å². The molecule has 3 heterocycles. The van der Waals surface area contributed by atoms with Gasteiger partial charge in [-0.1, -0.05) is 31.4 Å². The van der Waals surface area contributed by atoms with Crippen molar-refractivity contribution in [3.05, 3.63) is 41.1 Å². The zero-order valence-electron chi connectivity index (χ0n) is 20.2. The molecule has 2 fully saturated rings. The van der Waals surface area contributed by atoms with Crippen LogP contribution in [0.25, 0.3) is 0 Å². The number of carbonyl (C=O) groups is 1. The fraction of sp³-hybridized carbons (Fsp3) is 0.577. The number of anilines is 3. The number of aromatic nitrogens is 2. The molecular formula is C26H35N5O3. The molecule has 0 bridgehead atoms. The molecule has 1 saturated carbocycles. The minimum Gasteiger partial charge on any atom is -0.394 e. The van der Waals surface area contributed by atoms with Crippen molar-refractivity contribution in [3.8, 4) is 0 Å². The maximum Gasteiger partial charge on any atom is 0.273 e. The lowest BCUT2D eigenvalue weighted by molar-refractivity contribution is 0.00314. The Labute approximate surface area is 201 Å². The Morgan fingerprint density at radius 2 is 1.91 bits per heavy atom. The Morgan fingerprint density at radius 1 is 1.15 bits per heavy atom. The molecular weight excluding hydrogens is 430 g/mol. The summed E-state index contributed by atoms with van der Waals surface area (Å²) in [5.74, 6) is 1.78. The van der Waals surface area contributed by atoms with Crippen LogP contribution in [-0.4, -0.2) is 64.3 Å². The molecule has 1 atom stereocenters. The van der Waals surface area contributed by atoms with E-state index >= 15 is 0 Å². The van der Waals surface area contributed by atoms with Crippen LogP contribution in [0, 0.1) is 0 Å². The molecule has 182 valence electrons. The van der Waals surface area contributed by atoms with E-state index in [0.29, 0.717) is 49.6 Å². The number of rotatable bonds is 6. The Balaban J connectivity index is 1.44. The largest absolute Gasteiger partial charge is 0.394 e. The lowest BCUT2D eigenvalue weighted by atomic mass is 9.84. The average Bonchev–Trinajstić information content (AvgIpc) is 3.22. The van der Waals surface area contributed by atoms with Gasteiger partial charge in [0.15, 0.2) is 0 Å². The number of nitrogens with zero attached hydrogens (tertiary/aromatic N) is 4. The number of hydrogen-bond donors (Lipinski definition) is 2. The zero-order valence-corrected chi connectivity index (χ0v) is 20.2. The van der Waals surface area contributed by atoms with Crippen molar-refractivity contribution in [1.82, 2.24) is 14.9 Å². The molecule has 1 aliphatic carbocycles. The molecule has 3 aliphatic rings. The van der Waals surface area contributed by atoms with Crippen molar-refractivity contribution in [2.45, 2.75) is 70.6 Å². The third-order valence-electron chi connectivity index (χ3n) is 7.29. The standard InChI is InChI=1S/C26H35N5O3/c1-17(2)31-15-22-23(25(31)33)28-26(30-12-13-34-21(14-30)16-32)29-24(22)27-20-10-8-19(9-11-20)18-6-4-3-5-7-18/h8-11,17-18,21,32H,3-7,12-16H2,1-2H3,(H,27,28,29). The fourth-order valence-corrected chi connectivity index (χ4v) is 5.26. The molecule has 2 aromatic rings. The second-order valence-corrected chi connectivity index (χ2v) is 9.93. The van der Waals surface area contributed by atoms with Gasteiger partial charge in [0.1, 0.15) is 11.5 Å². The van der Waals surface area contributed by atoms with E-state index in [1.807, 2.05) is 23.6 Å². The van der Waals surface area contributed by atoms with Gasteiger partial charge in [-0.2, -0.15) is 4.98 Å². The van der Waals surface area contributed by atoms with E-state index < -0.39 is 0 Å². The Hall–Kier alpha value is -2.71. The van der Waals surface area contributed by atoms with Gasteiger partial charge in [-0.3, -0.25) is 4.79 Å². The van der Waals surface area contributed by atoms with Crippen molar-refractivity contribution < 1.29 is 14.6 Å². The summed E-state index contributed by atoms with van der Waals surface area (Å²) in [6, 6.07) is 8.76. The molecule has 1 amide bonds. The van der Waals surface area contributed by atoms with E-state index in [9.17, 15) is 9.90 Å². The topological polar surface area (TPSA) is 90.8 Å². The number of amides is 1. The first-order valence-corrected chi connectivity index (χ1v) is 12.6. The fourth-order valence-electron chi connectivity index (χ4n) is 5.26. The first-order valence-electron chi connectivity index (χ1n) is 12.6. The van der Waals surface area contributed by atoms with Crippen LogP contribution >= 0.6 is 0 Å². The highest BCUT2D eigenvalue weighted by molar-refractivity contribution is 5.98. The van der Waals surface area contributed by atoms with Gasteiger partial charge in [0.2, 0.25) is 5.95 Å². The molecule has 8 heteroatoms. The number of nitrogens with one attached hydrogen (secondary N) is 1. The number of benzene rings is 1. The smallest absolute Gasteiger partial charge is 0.273 e. The molecule has 8 nitrogen and oxygen atoms in total. The molecule has 0 radical (unpaired) electrons. The molecule has 1 saturated heterocycles.